The molecule has 1 fully saturated rings. The molecule has 0 radical (unpaired) electrons. The quantitative estimate of drug-likeness (QED) is 0.651. The molecule has 8 heteroatoms. The Kier molecular flexibility index (Phi) is 7.39. The minimum Gasteiger partial charge on any atom is -0.338 e. The highest BCUT2D eigenvalue weighted by molar-refractivity contribution is 7.92. The Morgan fingerprint density at radius 3 is 2.17 bits per heavy atom. The van der Waals surface area contributed by atoms with Gasteiger partial charge in [0, 0.05) is 37.7 Å². The summed E-state index contributed by atoms with van der Waals surface area (Å²) in [4.78, 5) is 17.4. The molecule has 1 heterocycles. The van der Waals surface area contributed by atoms with E-state index in [0.717, 1.165) is 25.9 Å². The van der Waals surface area contributed by atoms with Crippen LogP contribution in [0.5, 0.6) is 0 Å². The number of anilines is 1. The Bertz CT molecular complexity index is 943. The highest BCUT2D eigenvalue weighted by Crippen LogP contribution is 2.25. The van der Waals surface area contributed by atoms with Crippen molar-refractivity contribution in [1.29, 1.82) is 0 Å². The summed E-state index contributed by atoms with van der Waals surface area (Å²) >= 11 is 5.95. The van der Waals surface area contributed by atoms with Gasteiger partial charge in [0.15, 0.2) is 0 Å². The van der Waals surface area contributed by atoms with Crippen molar-refractivity contribution in [3.8, 4) is 0 Å². The average Bonchev–Trinajstić information content (AvgIpc) is 2.73. The molecular formula is C22H28ClN3O3S. The van der Waals surface area contributed by atoms with Crippen LogP contribution in [0.15, 0.2) is 54.6 Å². The van der Waals surface area contributed by atoms with Crippen LogP contribution in [0.4, 0.5) is 5.69 Å². The van der Waals surface area contributed by atoms with Gasteiger partial charge in [0.25, 0.3) is 0 Å². The first-order valence-electron chi connectivity index (χ1n) is 10.1. The van der Waals surface area contributed by atoms with Crippen molar-refractivity contribution in [1.82, 2.24) is 9.80 Å². The lowest BCUT2D eigenvalue weighted by molar-refractivity contribution is -0.134. The third-order valence-corrected chi connectivity index (χ3v) is 6.76. The Hall–Kier alpha value is -2.09. The van der Waals surface area contributed by atoms with E-state index >= 15 is 0 Å². The van der Waals surface area contributed by atoms with Crippen LogP contribution in [-0.4, -0.2) is 62.6 Å². The largest absolute Gasteiger partial charge is 0.338 e. The molecule has 1 amide bonds. The molecule has 0 aliphatic carbocycles. The predicted molar refractivity (Wildman–Crippen MR) is 121 cm³/mol. The third-order valence-electron chi connectivity index (χ3n) is 5.33. The van der Waals surface area contributed by atoms with Gasteiger partial charge < -0.3 is 4.90 Å². The maximum atomic E-state index is 13.3. The topological polar surface area (TPSA) is 60.9 Å². The standard InChI is InChI=1S/C22H28ClN3O3S/c1-3-21(26(30(2,28)29)20-11-9-19(23)10-12-20)22(27)25-15-13-24(14-16-25)17-18-7-5-4-6-8-18/h4-12,21H,3,13-17H2,1-2H3/t21-/m1/s1. The van der Waals surface area contributed by atoms with Crippen LogP contribution in [-0.2, 0) is 21.4 Å². The van der Waals surface area contributed by atoms with Crippen molar-refractivity contribution in [3.63, 3.8) is 0 Å². The molecule has 0 N–H and O–H groups in total. The van der Waals surface area contributed by atoms with E-state index in [1.165, 1.54) is 9.87 Å². The summed E-state index contributed by atoms with van der Waals surface area (Å²) in [7, 11) is -3.64. The van der Waals surface area contributed by atoms with E-state index in [-0.39, 0.29) is 5.91 Å². The number of rotatable bonds is 7. The van der Waals surface area contributed by atoms with Gasteiger partial charge >= 0.3 is 0 Å². The van der Waals surface area contributed by atoms with Crippen LogP contribution < -0.4 is 4.31 Å². The van der Waals surface area contributed by atoms with E-state index in [1.807, 2.05) is 25.1 Å². The maximum Gasteiger partial charge on any atom is 0.246 e. The smallest absolute Gasteiger partial charge is 0.246 e. The Labute approximate surface area is 184 Å². The van der Waals surface area contributed by atoms with Gasteiger partial charge in [-0.15, -0.1) is 0 Å². The molecule has 1 saturated heterocycles. The molecule has 0 bridgehead atoms. The lowest BCUT2D eigenvalue weighted by Gasteiger charge is -2.39. The molecule has 1 aliphatic heterocycles. The molecular weight excluding hydrogens is 422 g/mol. The van der Waals surface area contributed by atoms with Gasteiger partial charge in [-0.05, 0) is 36.2 Å². The highest BCUT2D eigenvalue weighted by atomic mass is 35.5. The summed E-state index contributed by atoms with van der Waals surface area (Å²) in [6.45, 7) is 5.37. The van der Waals surface area contributed by atoms with Crippen molar-refractivity contribution in [2.75, 3.05) is 36.7 Å². The third kappa shape index (κ3) is 5.53. The zero-order chi connectivity index (χ0) is 21.7. The van der Waals surface area contributed by atoms with Gasteiger partial charge in [-0.25, -0.2) is 8.42 Å². The zero-order valence-electron chi connectivity index (χ0n) is 17.4. The molecule has 2 aromatic carbocycles. The molecule has 0 saturated carbocycles. The number of carbonyl (C=O) groups is 1. The number of carbonyl (C=O) groups excluding carboxylic acids is 1. The second kappa shape index (κ2) is 9.81. The van der Waals surface area contributed by atoms with Crippen molar-refractivity contribution >= 4 is 33.2 Å². The van der Waals surface area contributed by atoms with Crippen molar-refractivity contribution < 1.29 is 13.2 Å². The van der Waals surface area contributed by atoms with Crippen LogP contribution in [0.1, 0.15) is 18.9 Å². The molecule has 30 heavy (non-hydrogen) atoms. The SMILES string of the molecule is CC[C@H](C(=O)N1CCN(Cc2ccccc2)CC1)N(c1ccc(Cl)cc1)S(C)(=O)=O. The van der Waals surface area contributed by atoms with Crippen LogP contribution in [0, 0.1) is 0 Å². The van der Waals surface area contributed by atoms with Gasteiger partial charge in [-0.2, -0.15) is 0 Å². The number of halogens is 1. The molecule has 2 aromatic rings. The molecule has 1 aliphatic rings. The van der Waals surface area contributed by atoms with E-state index in [1.54, 1.807) is 29.2 Å². The number of piperazine rings is 1. The first-order chi connectivity index (χ1) is 14.3. The van der Waals surface area contributed by atoms with Gasteiger partial charge in [-0.3, -0.25) is 14.0 Å². The van der Waals surface area contributed by atoms with Crippen LogP contribution in [0.2, 0.25) is 5.02 Å². The van der Waals surface area contributed by atoms with Crippen molar-refractivity contribution in [2.24, 2.45) is 0 Å². The lowest BCUT2D eigenvalue weighted by Crippen LogP contribution is -2.55. The Balaban J connectivity index is 1.71. The first kappa shape index (κ1) is 22.6. The summed E-state index contributed by atoms with van der Waals surface area (Å²) < 4.78 is 26.4. The number of hydrogen-bond acceptors (Lipinski definition) is 4. The lowest BCUT2D eigenvalue weighted by atomic mass is 10.1. The first-order valence-corrected chi connectivity index (χ1v) is 12.3. The molecule has 1 atom stereocenters. The summed E-state index contributed by atoms with van der Waals surface area (Å²) in [5, 5.41) is 0.515. The van der Waals surface area contributed by atoms with Gasteiger partial charge in [0.2, 0.25) is 15.9 Å². The summed E-state index contributed by atoms with van der Waals surface area (Å²) in [5.41, 5.74) is 1.69. The second-order valence-electron chi connectivity index (χ2n) is 7.55. The second-order valence-corrected chi connectivity index (χ2v) is 9.84. The highest BCUT2D eigenvalue weighted by Gasteiger charge is 2.35. The van der Waals surface area contributed by atoms with E-state index in [4.69, 9.17) is 11.6 Å². The van der Waals surface area contributed by atoms with Gasteiger partial charge in [-0.1, -0.05) is 48.9 Å². The number of amides is 1. The van der Waals surface area contributed by atoms with E-state index in [0.29, 0.717) is 30.2 Å². The fourth-order valence-electron chi connectivity index (χ4n) is 3.81. The molecule has 0 aromatic heterocycles. The summed E-state index contributed by atoms with van der Waals surface area (Å²) in [5.74, 6) is -0.155. The normalized spacial score (nSPS) is 16.3. The predicted octanol–water partition coefficient (Wildman–Crippen LogP) is 3.23. The Morgan fingerprint density at radius 2 is 1.63 bits per heavy atom. The Morgan fingerprint density at radius 1 is 1.03 bits per heavy atom. The molecule has 3 rings (SSSR count). The number of nitrogens with zero attached hydrogens (tertiary/aromatic N) is 3. The average molecular weight is 450 g/mol. The van der Waals surface area contributed by atoms with Crippen LogP contribution in [0.25, 0.3) is 0 Å². The molecule has 0 unspecified atom stereocenters. The number of hydrogen-bond donors (Lipinski definition) is 0. The van der Waals surface area contributed by atoms with Crippen LogP contribution in [0.3, 0.4) is 0 Å². The molecule has 0 spiro atoms. The summed E-state index contributed by atoms with van der Waals surface area (Å²) in [6.07, 6.45) is 1.52. The van der Waals surface area contributed by atoms with Gasteiger partial charge in [0.05, 0.1) is 11.9 Å². The van der Waals surface area contributed by atoms with Gasteiger partial charge in [0.1, 0.15) is 6.04 Å². The van der Waals surface area contributed by atoms with E-state index < -0.39 is 16.1 Å². The fraction of sp³-hybridized carbons (Fsp3) is 0.409. The monoisotopic (exact) mass is 449 g/mol. The molecule has 162 valence electrons. The summed E-state index contributed by atoms with van der Waals surface area (Å²) in [6, 6.07) is 16.0. The van der Waals surface area contributed by atoms with E-state index in [9.17, 15) is 13.2 Å². The minimum absolute atomic E-state index is 0.155. The minimum atomic E-state index is -3.64. The fourth-order valence-corrected chi connectivity index (χ4v) is 5.14. The zero-order valence-corrected chi connectivity index (χ0v) is 18.9. The number of sulfonamides is 1. The maximum absolute atomic E-state index is 13.3. The van der Waals surface area contributed by atoms with Crippen molar-refractivity contribution in [3.05, 3.63) is 65.2 Å². The van der Waals surface area contributed by atoms with Crippen molar-refractivity contribution in [2.45, 2.75) is 25.9 Å². The molecule has 6 nitrogen and oxygen atoms in total. The van der Waals surface area contributed by atoms with Crippen LogP contribution >= 0.6 is 11.6 Å². The van der Waals surface area contributed by atoms with E-state index in [2.05, 4.69) is 17.0 Å². The number of benzene rings is 2.